The summed E-state index contributed by atoms with van der Waals surface area (Å²) in [6, 6.07) is 5.40. The zero-order valence-corrected chi connectivity index (χ0v) is 22.1. The molecule has 0 radical (unpaired) electrons. The smallest absolute Gasteiger partial charge is 0.189 e. The molecule has 0 spiro atoms. The molecule has 0 aliphatic heterocycles. The van der Waals surface area contributed by atoms with Gasteiger partial charge in [0.05, 0.1) is 0 Å². The van der Waals surface area contributed by atoms with Crippen LogP contribution in [0.5, 0.6) is 0 Å². The fourth-order valence-electron chi connectivity index (χ4n) is 3.55. The van der Waals surface area contributed by atoms with E-state index < -0.39 is 21.5 Å². The summed E-state index contributed by atoms with van der Waals surface area (Å²) in [5.41, 5.74) is -0.972. The first kappa shape index (κ1) is 28.6. The average molecular weight is 509 g/mol. The standard InChI is InChI=1S/C26H36O6S2/c1-25(2,17-27)11-5-7-21-13-19(29)15-23(33(21)31)9-10-24-16-20(30)14-22(34(24)32)8-6-12-26(3,4)18-28/h9-10,13-16,27-28H,5-8,11-12,17-18H2,1-4H3/b10-9+. The zero-order valence-electron chi connectivity index (χ0n) is 20.5. The summed E-state index contributed by atoms with van der Waals surface area (Å²) in [5.74, 6) is 0. The van der Waals surface area contributed by atoms with Crippen LogP contribution in [0.1, 0.15) is 72.9 Å². The molecule has 188 valence electrons. The lowest BCUT2D eigenvalue weighted by Crippen LogP contribution is -2.16. The first-order chi connectivity index (χ1) is 15.9. The summed E-state index contributed by atoms with van der Waals surface area (Å²) in [7, 11) is -3.03. The highest BCUT2D eigenvalue weighted by Gasteiger charge is 2.19. The fraction of sp³-hybridized carbons (Fsp3) is 0.538. The minimum absolute atomic E-state index is 0.0581. The van der Waals surface area contributed by atoms with Crippen molar-refractivity contribution >= 4 is 33.7 Å². The zero-order chi connectivity index (χ0) is 25.5. The summed E-state index contributed by atoms with van der Waals surface area (Å²) >= 11 is 0. The molecule has 2 heterocycles. The van der Waals surface area contributed by atoms with Gasteiger partial charge in [0, 0.05) is 62.5 Å². The Balaban J connectivity index is 2.23. The summed E-state index contributed by atoms with van der Waals surface area (Å²) in [6.07, 6.45) is 6.84. The summed E-state index contributed by atoms with van der Waals surface area (Å²) in [6.45, 7) is 7.93. The van der Waals surface area contributed by atoms with Crippen LogP contribution in [-0.4, -0.2) is 32.5 Å². The second-order valence-electron chi connectivity index (χ2n) is 10.3. The molecule has 0 aromatic carbocycles. The Morgan fingerprint density at radius 1 is 0.735 bits per heavy atom. The second kappa shape index (κ2) is 12.3. The van der Waals surface area contributed by atoms with Crippen molar-refractivity contribution in [2.75, 3.05) is 13.2 Å². The number of hydrogen-bond acceptors (Lipinski definition) is 6. The van der Waals surface area contributed by atoms with Gasteiger partial charge in [-0.15, -0.1) is 0 Å². The molecule has 2 rings (SSSR count). The van der Waals surface area contributed by atoms with Crippen molar-refractivity contribution in [3.8, 4) is 0 Å². The highest BCUT2D eigenvalue weighted by atomic mass is 32.2. The van der Waals surface area contributed by atoms with Crippen LogP contribution in [0, 0.1) is 10.8 Å². The Hall–Kier alpha value is -1.68. The topological polar surface area (TPSA) is 121 Å². The quantitative estimate of drug-likeness (QED) is 0.400. The number of aryl methyl sites for hydroxylation is 2. The molecule has 0 aliphatic carbocycles. The van der Waals surface area contributed by atoms with Crippen LogP contribution in [0.15, 0.2) is 33.9 Å². The Kier molecular flexibility index (Phi) is 10.4. The number of hydrogen-bond donors (Lipinski definition) is 2. The van der Waals surface area contributed by atoms with Gasteiger partial charge >= 0.3 is 0 Å². The lowest BCUT2D eigenvalue weighted by molar-refractivity contribution is 0.148. The van der Waals surface area contributed by atoms with Gasteiger partial charge in [0.15, 0.2) is 30.4 Å². The lowest BCUT2D eigenvalue weighted by atomic mass is 9.88. The SMILES string of the molecule is CC(C)(CO)CCCc1cc(=O)cc(/C=C/c2cc(=O)cc(CCCC(C)(C)CO)[s+]2[O-])[s+]1[O-]. The molecule has 2 atom stereocenters. The molecule has 0 amide bonds. The highest BCUT2D eigenvalue weighted by Crippen LogP contribution is 2.31. The van der Waals surface area contributed by atoms with Crippen LogP contribution in [0.4, 0.5) is 0 Å². The van der Waals surface area contributed by atoms with E-state index in [4.69, 9.17) is 0 Å². The van der Waals surface area contributed by atoms with Crippen molar-refractivity contribution < 1.29 is 19.3 Å². The van der Waals surface area contributed by atoms with E-state index in [2.05, 4.69) is 0 Å². The second-order valence-corrected chi connectivity index (χ2v) is 13.4. The summed E-state index contributed by atoms with van der Waals surface area (Å²) < 4.78 is 25.9. The van der Waals surface area contributed by atoms with Gasteiger partial charge in [0.1, 0.15) is 0 Å². The summed E-state index contributed by atoms with van der Waals surface area (Å²) in [5, 5.41) is 18.8. The Bertz CT molecular complexity index is 1020. The van der Waals surface area contributed by atoms with E-state index in [0.717, 1.165) is 12.8 Å². The monoisotopic (exact) mass is 508 g/mol. The largest absolute Gasteiger partial charge is 0.590 e. The number of aliphatic hydroxyl groups excluding tert-OH is 2. The van der Waals surface area contributed by atoms with Gasteiger partial charge in [-0.05, 0) is 58.0 Å². The molecule has 34 heavy (non-hydrogen) atoms. The van der Waals surface area contributed by atoms with Crippen LogP contribution in [0.25, 0.3) is 12.2 Å². The van der Waals surface area contributed by atoms with Crippen LogP contribution in [-0.2, 0) is 12.8 Å². The molecule has 6 nitrogen and oxygen atoms in total. The average Bonchev–Trinajstić information content (AvgIpc) is 2.77. The van der Waals surface area contributed by atoms with Gasteiger partial charge in [0.2, 0.25) is 0 Å². The molecule has 8 heteroatoms. The molecule has 0 saturated carbocycles. The van der Waals surface area contributed by atoms with Gasteiger partial charge in [-0.25, -0.2) is 0 Å². The Morgan fingerprint density at radius 3 is 1.41 bits per heavy atom. The van der Waals surface area contributed by atoms with Crippen LogP contribution in [0.3, 0.4) is 0 Å². The van der Waals surface area contributed by atoms with Gasteiger partial charge in [-0.1, -0.05) is 27.7 Å². The minimum Gasteiger partial charge on any atom is -0.590 e. The van der Waals surface area contributed by atoms with E-state index in [1.54, 1.807) is 0 Å². The van der Waals surface area contributed by atoms with Gasteiger partial charge in [0.25, 0.3) is 0 Å². The van der Waals surface area contributed by atoms with E-state index in [0.29, 0.717) is 45.2 Å². The predicted molar refractivity (Wildman–Crippen MR) is 139 cm³/mol. The molecule has 0 aliphatic rings. The van der Waals surface area contributed by atoms with Gasteiger partial charge in [-0.2, -0.15) is 0 Å². The normalized spacial score (nSPS) is 13.6. The molecule has 0 fully saturated rings. The molecule has 2 N–H and O–H groups in total. The van der Waals surface area contributed by atoms with Crippen LogP contribution < -0.4 is 10.9 Å². The molecular weight excluding hydrogens is 472 g/mol. The first-order valence-electron chi connectivity index (χ1n) is 11.5. The van der Waals surface area contributed by atoms with Gasteiger partial charge in [-0.3, -0.25) is 9.59 Å². The minimum atomic E-state index is -1.51. The molecule has 0 saturated heterocycles. The van der Waals surface area contributed by atoms with Crippen molar-refractivity contribution in [2.24, 2.45) is 10.8 Å². The maximum Gasteiger partial charge on any atom is 0.189 e. The molecule has 2 aromatic heterocycles. The molecule has 2 aromatic rings. The molecule has 0 bridgehead atoms. The Labute approximate surface area is 207 Å². The summed E-state index contributed by atoms with van der Waals surface area (Å²) in [4.78, 5) is 26.0. The third-order valence-electron chi connectivity index (χ3n) is 5.90. The van der Waals surface area contributed by atoms with E-state index in [-0.39, 0.29) is 34.9 Å². The maximum absolute atomic E-state index is 13.0. The maximum atomic E-state index is 13.0. The van der Waals surface area contributed by atoms with E-state index in [1.807, 2.05) is 27.7 Å². The molecular formula is C26H36O6S2. The Morgan fingerprint density at radius 2 is 1.09 bits per heavy atom. The van der Waals surface area contributed by atoms with Crippen LogP contribution >= 0.6 is 21.5 Å². The number of aliphatic hydroxyl groups is 2. The van der Waals surface area contributed by atoms with Crippen molar-refractivity contribution in [3.05, 3.63) is 64.2 Å². The first-order valence-corrected chi connectivity index (χ1v) is 13.8. The predicted octanol–water partition coefficient (Wildman–Crippen LogP) is 4.72. The van der Waals surface area contributed by atoms with Crippen molar-refractivity contribution in [1.29, 1.82) is 0 Å². The third kappa shape index (κ3) is 8.52. The van der Waals surface area contributed by atoms with E-state index in [1.165, 1.54) is 36.4 Å². The van der Waals surface area contributed by atoms with Crippen molar-refractivity contribution in [1.82, 2.24) is 0 Å². The van der Waals surface area contributed by atoms with Crippen molar-refractivity contribution in [2.45, 2.75) is 66.2 Å². The highest BCUT2D eigenvalue weighted by molar-refractivity contribution is 7.26. The lowest BCUT2D eigenvalue weighted by Gasteiger charge is -2.20. The van der Waals surface area contributed by atoms with Gasteiger partial charge < -0.3 is 19.3 Å². The van der Waals surface area contributed by atoms with E-state index >= 15 is 0 Å². The molecule has 2 unspecified atom stereocenters. The van der Waals surface area contributed by atoms with E-state index in [9.17, 15) is 28.9 Å². The third-order valence-corrected chi connectivity index (χ3v) is 8.86. The van der Waals surface area contributed by atoms with Crippen molar-refractivity contribution in [3.63, 3.8) is 0 Å². The number of rotatable bonds is 12. The van der Waals surface area contributed by atoms with Crippen LogP contribution in [0.2, 0.25) is 0 Å². The fourth-order valence-corrected chi connectivity index (χ4v) is 6.09.